The van der Waals surface area contributed by atoms with Crippen molar-refractivity contribution in [2.45, 2.75) is 38.8 Å². The van der Waals surface area contributed by atoms with E-state index in [2.05, 4.69) is 38.8 Å². The molecule has 1 saturated heterocycles. The minimum Gasteiger partial charge on any atom is -0.374 e. The molecule has 0 aromatic heterocycles. The van der Waals surface area contributed by atoms with Crippen LogP contribution in [0.1, 0.15) is 27.2 Å². The molecule has 0 amide bonds. The first kappa shape index (κ1) is 11.5. The van der Waals surface area contributed by atoms with E-state index in [-0.39, 0.29) is 11.5 Å². The Morgan fingerprint density at radius 3 is 2.57 bits per heavy atom. The Hall–Kier alpha value is -0.590. The van der Waals surface area contributed by atoms with Crippen molar-refractivity contribution in [2.24, 2.45) is 5.92 Å². The molecule has 3 nitrogen and oxygen atoms in total. The second-order valence-corrected chi connectivity index (χ2v) is 5.08. The third-order valence-corrected chi connectivity index (χ3v) is 2.58. The van der Waals surface area contributed by atoms with Crippen LogP contribution >= 0.6 is 0 Å². The molecule has 1 rings (SSSR count). The summed E-state index contributed by atoms with van der Waals surface area (Å²) in [4.78, 5) is 2.22. The van der Waals surface area contributed by atoms with E-state index < -0.39 is 0 Å². The van der Waals surface area contributed by atoms with Crippen LogP contribution in [0.2, 0.25) is 0 Å². The predicted molar refractivity (Wildman–Crippen MR) is 55.8 cm³/mol. The largest absolute Gasteiger partial charge is 0.374 e. The van der Waals surface area contributed by atoms with Gasteiger partial charge >= 0.3 is 0 Å². The highest BCUT2D eigenvalue weighted by Gasteiger charge is 2.30. The standard InChI is InChI=1S/C11H20N2O/c1-11(2,3)14-8-10-5-9(6-12)7-13(10)4/h9-10H,5,7-8H2,1-4H3/t9-,10-/m0/s1. The molecule has 1 aliphatic heterocycles. The zero-order chi connectivity index (χ0) is 10.8. The lowest BCUT2D eigenvalue weighted by Gasteiger charge is -2.25. The molecule has 1 aliphatic rings. The Balaban J connectivity index is 2.36. The summed E-state index contributed by atoms with van der Waals surface area (Å²) in [6, 6.07) is 2.74. The Bertz CT molecular complexity index is 226. The third kappa shape index (κ3) is 3.28. The number of hydrogen-bond donors (Lipinski definition) is 0. The highest BCUT2D eigenvalue weighted by atomic mass is 16.5. The van der Waals surface area contributed by atoms with Gasteiger partial charge in [-0.3, -0.25) is 4.90 Å². The molecule has 0 spiro atoms. The molecular weight excluding hydrogens is 176 g/mol. The molecule has 0 aliphatic carbocycles. The number of ether oxygens (including phenoxy) is 1. The van der Waals surface area contributed by atoms with E-state index in [0.717, 1.165) is 19.6 Å². The van der Waals surface area contributed by atoms with Gasteiger partial charge in [-0.2, -0.15) is 5.26 Å². The summed E-state index contributed by atoms with van der Waals surface area (Å²) in [6.07, 6.45) is 0.948. The van der Waals surface area contributed by atoms with Gasteiger partial charge < -0.3 is 4.74 Å². The molecule has 0 aromatic rings. The van der Waals surface area contributed by atoms with Gasteiger partial charge in [0.2, 0.25) is 0 Å². The molecule has 1 fully saturated rings. The van der Waals surface area contributed by atoms with Gasteiger partial charge in [0.15, 0.2) is 0 Å². The lowest BCUT2D eigenvalue weighted by molar-refractivity contribution is -0.0252. The summed E-state index contributed by atoms with van der Waals surface area (Å²) < 4.78 is 5.73. The van der Waals surface area contributed by atoms with Crippen molar-refractivity contribution < 1.29 is 4.74 Å². The second kappa shape index (κ2) is 4.29. The first-order valence-corrected chi connectivity index (χ1v) is 5.16. The van der Waals surface area contributed by atoms with Gasteiger partial charge in [-0.15, -0.1) is 0 Å². The fourth-order valence-electron chi connectivity index (χ4n) is 1.71. The lowest BCUT2D eigenvalue weighted by Crippen LogP contribution is -2.33. The Morgan fingerprint density at radius 2 is 2.14 bits per heavy atom. The van der Waals surface area contributed by atoms with Crippen LogP contribution in [0.15, 0.2) is 0 Å². The highest BCUT2D eigenvalue weighted by Crippen LogP contribution is 2.22. The fourth-order valence-corrected chi connectivity index (χ4v) is 1.71. The van der Waals surface area contributed by atoms with Gasteiger partial charge in [-0.25, -0.2) is 0 Å². The Kier molecular flexibility index (Phi) is 3.52. The summed E-state index contributed by atoms with van der Waals surface area (Å²) in [5.74, 6) is 0.188. The summed E-state index contributed by atoms with van der Waals surface area (Å²) in [7, 11) is 2.06. The van der Waals surface area contributed by atoms with Crippen LogP contribution in [0.3, 0.4) is 0 Å². The normalized spacial score (nSPS) is 29.1. The summed E-state index contributed by atoms with van der Waals surface area (Å²) in [6.45, 7) is 7.80. The van der Waals surface area contributed by atoms with Gasteiger partial charge in [-0.1, -0.05) is 0 Å². The van der Waals surface area contributed by atoms with Crippen LogP contribution in [0.5, 0.6) is 0 Å². The number of hydrogen-bond acceptors (Lipinski definition) is 3. The van der Waals surface area contributed by atoms with Gasteiger partial charge in [-0.05, 0) is 34.2 Å². The molecular formula is C11H20N2O. The maximum Gasteiger partial charge on any atom is 0.0669 e. The zero-order valence-corrected chi connectivity index (χ0v) is 9.58. The number of nitriles is 1. The van der Waals surface area contributed by atoms with Crippen LogP contribution in [0.25, 0.3) is 0 Å². The molecule has 80 valence electrons. The van der Waals surface area contributed by atoms with Crippen LogP contribution in [-0.2, 0) is 4.74 Å². The van der Waals surface area contributed by atoms with Crippen molar-refractivity contribution in [2.75, 3.05) is 20.2 Å². The molecule has 0 unspecified atom stereocenters. The first-order chi connectivity index (χ1) is 6.42. The minimum absolute atomic E-state index is 0.0778. The van der Waals surface area contributed by atoms with Crippen LogP contribution < -0.4 is 0 Å². The van der Waals surface area contributed by atoms with Gasteiger partial charge in [0, 0.05) is 12.6 Å². The quantitative estimate of drug-likeness (QED) is 0.673. The minimum atomic E-state index is -0.0778. The fraction of sp³-hybridized carbons (Fsp3) is 0.909. The highest BCUT2D eigenvalue weighted by molar-refractivity contribution is 4.94. The molecule has 0 bridgehead atoms. The van der Waals surface area contributed by atoms with Crippen LogP contribution in [0, 0.1) is 17.2 Å². The van der Waals surface area contributed by atoms with E-state index in [1.165, 1.54) is 0 Å². The van der Waals surface area contributed by atoms with E-state index in [4.69, 9.17) is 10.00 Å². The smallest absolute Gasteiger partial charge is 0.0669 e. The molecule has 14 heavy (non-hydrogen) atoms. The van der Waals surface area contributed by atoms with E-state index in [0.29, 0.717) is 6.04 Å². The molecule has 0 aromatic carbocycles. The van der Waals surface area contributed by atoms with Crippen molar-refractivity contribution in [3.05, 3.63) is 0 Å². The molecule has 3 heteroatoms. The van der Waals surface area contributed by atoms with Gasteiger partial charge in [0.1, 0.15) is 0 Å². The average molecular weight is 196 g/mol. The van der Waals surface area contributed by atoms with Crippen molar-refractivity contribution in [3.63, 3.8) is 0 Å². The maximum absolute atomic E-state index is 8.81. The molecule has 0 radical (unpaired) electrons. The van der Waals surface area contributed by atoms with Gasteiger partial charge in [0.05, 0.1) is 24.2 Å². The van der Waals surface area contributed by atoms with Crippen LogP contribution in [0.4, 0.5) is 0 Å². The average Bonchev–Trinajstić information content (AvgIpc) is 2.42. The van der Waals surface area contributed by atoms with Crippen LogP contribution in [-0.4, -0.2) is 36.7 Å². The monoisotopic (exact) mass is 196 g/mol. The predicted octanol–water partition coefficient (Wildman–Crippen LogP) is 1.65. The molecule has 1 heterocycles. The number of nitrogens with zero attached hydrogens (tertiary/aromatic N) is 2. The number of rotatable bonds is 2. The van der Waals surface area contributed by atoms with E-state index >= 15 is 0 Å². The number of likely N-dealkylation sites (tertiary alicyclic amines) is 1. The van der Waals surface area contributed by atoms with Crippen molar-refractivity contribution >= 4 is 0 Å². The van der Waals surface area contributed by atoms with E-state index in [1.54, 1.807) is 0 Å². The van der Waals surface area contributed by atoms with E-state index in [9.17, 15) is 0 Å². The van der Waals surface area contributed by atoms with E-state index in [1.807, 2.05) is 0 Å². The molecule has 0 N–H and O–H groups in total. The third-order valence-electron chi connectivity index (χ3n) is 2.58. The molecule has 0 saturated carbocycles. The lowest BCUT2D eigenvalue weighted by atomic mass is 10.1. The molecule has 2 atom stereocenters. The van der Waals surface area contributed by atoms with Crippen molar-refractivity contribution in [3.8, 4) is 6.07 Å². The first-order valence-electron chi connectivity index (χ1n) is 5.16. The van der Waals surface area contributed by atoms with Crippen molar-refractivity contribution in [1.82, 2.24) is 4.90 Å². The SMILES string of the molecule is CN1C[C@H](C#N)C[C@H]1COC(C)(C)C. The topological polar surface area (TPSA) is 36.3 Å². The van der Waals surface area contributed by atoms with Crippen molar-refractivity contribution in [1.29, 1.82) is 5.26 Å². The Morgan fingerprint density at radius 1 is 1.50 bits per heavy atom. The summed E-state index contributed by atoms with van der Waals surface area (Å²) >= 11 is 0. The zero-order valence-electron chi connectivity index (χ0n) is 9.58. The summed E-state index contributed by atoms with van der Waals surface area (Å²) in [5, 5.41) is 8.81. The number of likely N-dealkylation sites (N-methyl/N-ethyl adjacent to an activating group) is 1. The van der Waals surface area contributed by atoms with Gasteiger partial charge in [0.25, 0.3) is 0 Å². The second-order valence-electron chi connectivity index (χ2n) is 5.08. The maximum atomic E-state index is 8.81. The Labute approximate surface area is 86.6 Å². The summed E-state index contributed by atoms with van der Waals surface area (Å²) in [5.41, 5.74) is -0.0778.